The molecule has 0 aliphatic heterocycles. The van der Waals surface area contributed by atoms with Crippen LogP contribution in [0.25, 0.3) is 0 Å². The van der Waals surface area contributed by atoms with Crippen LogP contribution in [0.1, 0.15) is 37.1 Å². The first-order valence-corrected chi connectivity index (χ1v) is 6.70. The van der Waals surface area contributed by atoms with Crippen LogP contribution in [0.2, 0.25) is 0 Å². The molecule has 1 aliphatic rings. The van der Waals surface area contributed by atoms with E-state index in [0.717, 1.165) is 6.54 Å². The predicted octanol–water partition coefficient (Wildman–Crippen LogP) is 2.07. The minimum absolute atomic E-state index is 0.133. The molecule has 16 heavy (non-hydrogen) atoms. The third-order valence-electron chi connectivity index (χ3n) is 2.71. The molecule has 4 heteroatoms. The summed E-state index contributed by atoms with van der Waals surface area (Å²) in [6, 6.07) is 4.88. The molecule has 0 unspecified atom stereocenters. The van der Waals surface area contributed by atoms with Crippen molar-refractivity contribution in [1.82, 2.24) is 10.6 Å². The van der Waals surface area contributed by atoms with Crippen LogP contribution in [0.5, 0.6) is 0 Å². The van der Waals surface area contributed by atoms with Gasteiger partial charge in [0, 0.05) is 23.9 Å². The molecule has 1 heterocycles. The SMILES string of the molecule is C[C@@H](NC(=O)CCNC1CC1)c1cccs1. The first-order valence-electron chi connectivity index (χ1n) is 5.82. The van der Waals surface area contributed by atoms with Gasteiger partial charge >= 0.3 is 0 Å². The van der Waals surface area contributed by atoms with Gasteiger partial charge in [-0.05, 0) is 31.2 Å². The number of carbonyl (C=O) groups excluding carboxylic acids is 1. The summed E-state index contributed by atoms with van der Waals surface area (Å²) in [6.07, 6.45) is 3.12. The zero-order valence-corrected chi connectivity index (χ0v) is 10.3. The van der Waals surface area contributed by atoms with E-state index in [0.29, 0.717) is 12.5 Å². The van der Waals surface area contributed by atoms with Crippen LogP contribution >= 0.6 is 11.3 Å². The van der Waals surface area contributed by atoms with Crippen LogP contribution in [0, 0.1) is 0 Å². The summed E-state index contributed by atoms with van der Waals surface area (Å²) in [6.45, 7) is 2.83. The Labute approximate surface area is 100 Å². The second-order valence-electron chi connectivity index (χ2n) is 4.28. The summed E-state index contributed by atoms with van der Waals surface area (Å²) in [5, 5.41) is 8.38. The molecule has 1 fully saturated rings. The molecule has 1 saturated carbocycles. The fourth-order valence-electron chi connectivity index (χ4n) is 1.60. The molecule has 1 atom stereocenters. The normalized spacial score (nSPS) is 17.1. The Bertz CT molecular complexity index is 333. The summed E-state index contributed by atoms with van der Waals surface area (Å²) < 4.78 is 0. The second-order valence-corrected chi connectivity index (χ2v) is 5.26. The lowest BCUT2D eigenvalue weighted by molar-refractivity contribution is -0.121. The quantitative estimate of drug-likeness (QED) is 0.796. The number of hydrogen-bond donors (Lipinski definition) is 2. The van der Waals surface area contributed by atoms with E-state index in [1.54, 1.807) is 11.3 Å². The monoisotopic (exact) mass is 238 g/mol. The highest BCUT2D eigenvalue weighted by Gasteiger charge is 2.20. The van der Waals surface area contributed by atoms with Crippen molar-refractivity contribution in [1.29, 1.82) is 0 Å². The van der Waals surface area contributed by atoms with E-state index < -0.39 is 0 Å². The molecular formula is C12H18N2OS. The first kappa shape index (κ1) is 11.6. The second kappa shape index (κ2) is 5.46. The Hall–Kier alpha value is -0.870. The van der Waals surface area contributed by atoms with Gasteiger partial charge in [0.1, 0.15) is 0 Å². The molecule has 1 aromatic heterocycles. The highest BCUT2D eigenvalue weighted by Crippen LogP contribution is 2.19. The molecule has 1 aromatic rings. The van der Waals surface area contributed by atoms with Crippen molar-refractivity contribution >= 4 is 17.2 Å². The lowest BCUT2D eigenvalue weighted by Gasteiger charge is -2.12. The summed E-state index contributed by atoms with van der Waals surface area (Å²) in [7, 11) is 0. The van der Waals surface area contributed by atoms with Crippen molar-refractivity contribution in [3.05, 3.63) is 22.4 Å². The Morgan fingerprint density at radius 2 is 2.44 bits per heavy atom. The number of thiophene rings is 1. The zero-order valence-electron chi connectivity index (χ0n) is 9.53. The fraction of sp³-hybridized carbons (Fsp3) is 0.583. The zero-order chi connectivity index (χ0) is 11.4. The van der Waals surface area contributed by atoms with Crippen molar-refractivity contribution in [3.8, 4) is 0 Å². The van der Waals surface area contributed by atoms with Gasteiger partial charge < -0.3 is 10.6 Å². The third-order valence-corrected chi connectivity index (χ3v) is 3.76. The number of nitrogens with one attached hydrogen (secondary N) is 2. The van der Waals surface area contributed by atoms with Gasteiger partial charge in [0.2, 0.25) is 5.91 Å². The highest BCUT2D eigenvalue weighted by molar-refractivity contribution is 7.10. The number of carbonyl (C=O) groups is 1. The van der Waals surface area contributed by atoms with Crippen molar-refractivity contribution in [2.24, 2.45) is 0 Å². The van der Waals surface area contributed by atoms with Crippen molar-refractivity contribution in [2.75, 3.05) is 6.54 Å². The van der Waals surface area contributed by atoms with Gasteiger partial charge in [-0.2, -0.15) is 0 Å². The molecule has 1 aliphatic carbocycles. The maximum Gasteiger partial charge on any atom is 0.221 e. The molecule has 2 N–H and O–H groups in total. The molecule has 0 spiro atoms. The van der Waals surface area contributed by atoms with E-state index >= 15 is 0 Å². The molecule has 0 aromatic carbocycles. The van der Waals surface area contributed by atoms with Crippen LogP contribution in [-0.2, 0) is 4.79 Å². The Morgan fingerprint density at radius 3 is 3.06 bits per heavy atom. The summed E-state index contributed by atoms with van der Waals surface area (Å²) in [5.74, 6) is 0.133. The molecule has 0 saturated heterocycles. The van der Waals surface area contributed by atoms with Crippen molar-refractivity contribution in [3.63, 3.8) is 0 Å². The van der Waals surface area contributed by atoms with Gasteiger partial charge in [-0.15, -0.1) is 11.3 Å². The predicted molar refractivity (Wildman–Crippen MR) is 66.5 cm³/mol. The van der Waals surface area contributed by atoms with Crippen molar-refractivity contribution < 1.29 is 4.79 Å². The highest BCUT2D eigenvalue weighted by atomic mass is 32.1. The van der Waals surface area contributed by atoms with Crippen LogP contribution < -0.4 is 10.6 Å². The molecule has 1 amide bonds. The standard InChI is InChI=1S/C12H18N2OS/c1-9(11-3-2-8-16-11)14-12(15)6-7-13-10-4-5-10/h2-3,8-10,13H,4-7H2,1H3,(H,14,15)/t9-/m1/s1. The molecule has 3 nitrogen and oxygen atoms in total. The van der Waals surface area contributed by atoms with E-state index in [2.05, 4.69) is 16.7 Å². The lowest BCUT2D eigenvalue weighted by atomic mass is 10.2. The molecule has 0 bridgehead atoms. The maximum atomic E-state index is 11.6. The van der Waals surface area contributed by atoms with Gasteiger partial charge in [-0.3, -0.25) is 4.79 Å². The number of hydrogen-bond acceptors (Lipinski definition) is 3. The Kier molecular flexibility index (Phi) is 3.96. The Balaban J connectivity index is 1.65. The minimum Gasteiger partial charge on any atom is -0.349 e. The van der Waals surface area contributed by atoms with E-state index in [-0.39, 0.29) is 11.9 Å². The van der Waals surface area contributed by atoms with Crippen LogP contribution in [0.15, 0.2) is 17.5 Å². The van der Waals surface area contributed by atoms with E-state index in [9.17, 15) is 4.79 Å². The average Bonchev–Trinajstić information content (AvgIpc) is 2.91. The van der Waals surface area contributed by atoms with Gasteiger partial charge in [0.05, 0.1) is 6.04 Å². The molecule has 0 radical (unpaired) electrons. The summed E-state index contributed by atoms with van der Waals surface area (Å²) in [5.41, 5.74) is 0. The summed E-state index contributed by atoms with van der Waals surface area (Å²) in [4.78, 5) is 12.8. The van der Waals surface area contributed by atoms with Crippen molar-refractivity contribution in [2.45, 2.75) is 38.3 Å². The fourth-order valence-corrected chi connectivity index (χ4v) is 2.33. The summed E-state index contributed by atoms with van der Waals surface area (Å²) >= 11 is 1.68. The number of rotatable bonds is 6. The van der Waals surface area contributed by atoms with Gasteiger partial charge in [0.15, 0.2) is 0 Å². The van der Waals surface area contributed by atoms with E-state index in [1.165, 1.54) is 17.7 Å². The maximum absolute atomic E-state index is 11.6. The van der Waals surface area contributed by atoms with Gasteiger partial charge in [0.25, 0.3) is 0 Å². The number of amides is 1. The largest absolute Gasteiger partial charge is 0.349 e. The van der Waals surface area contributed by atoms with E-state index in [1.807, 2.05) is 18.4 Å². The van der Waals surface area contributed by atoms with Gasteiger partial charge in [-0.25, -0.2) is 0 Å². The first-order chi connectivity index (χ1) is 7.75. The lowest BCUT2D eigenvalue weighted by Crippen LogP contribution is -2.30. The smallest absolute Gasteiger partial charge is 0.221 e. The topological polar surface area (TPSA) is 41.1 Å². The minimum atomic E-state index is 0.133. The van der Waals surface area contributed by atoms with Gasteiger partial charge in [-0.1, -0.05) is 6.07 Å². The van der Waals surface area contributed by atoms with Crippen LogP contribution in [0.4, 0.5) is 0 Å². The molecular weight excluding hydrogens is 220 g/mol. The third kappa shape index (κ3) is 3.61. The molecule has 88 valence electrons. The Morgan fingerprint density at radius 1 is 1.62 bits per heavy atom. The average molecular weight is 238 g/mol. The van der Waals surface area contributed by atoms with Crippen LogP contribution in [0.3, 0.4) is 0 Å². The van der Waals surface area contributed by atoms with Crippen LogP contribution in [-0.4, -0.2) is 18.5 Å². The van der Waals surface area contributed by atoms with E-state index in [4.69, 9.17) is 0 Å². The molecule has 2 rings (SSSR count).